The smallest absolute Gasteiger partial charge is 0.119 e. The fraction of sp³-hybridized carbons (Fsp3) is 0.571. The number of nitrogens with zero attached hydrogens (tertiary/aromatic N) is 1. The summed E-state index contributed by atoms with van der Waals surface area (Å²) in [5, 5.41) is 9.03. The first-order chi connectivity index (χ1) is 8.38. The topological polar surface area (TPSA) is 32.7 Å². The molecule has 3 nitrogen and oxygen atoms in total. The summed E-state index contributed by atoms with van der Waals surface area (Å²) < 4.78 is 5.70. The van der Waals surface area contributed by atoms with Gasteiger partial charge in [0, 0.05) is 6.54 Å². The summed E-state index contributed by atoms with van der Waals surface area (Å²) in [5.41, 5.74) is 0.903. The van der Waals surface area contributed by atoms with E-state index in [4.69, 9.17) is 9.84 Å². The van der Waals surface area contributed by atoms with E-state index in [1.54, 1.807) is 0 Å². The number of aliphatic hydroxyl groups excluding tert-OH is 1. The van der Waals surface area contributed by atoms with E-state index < -0.39 is 0 Å². The second-order valence-electron chi connectivity index (χ2n) is 4.56. The zero-order valence-corrected chi connectivity index (χ0v) is 10.3. The Labute approximate surface area is 103 Å². The number of hydrogen-bond acceptors (Lipinski definition) is 3. The Balaban J connectivity index is 1.73. The van der Waals surface area contributed by atoms with Gasteiger partial charge in [-0.3, -0.25) is 4.90 Å². The number of aliphatic hydroxyl groups is 1. The molecule has 0 aromatic heterocycles. The van der Waals surface area contributed by atoms with Crippen LogP contribution >= 0.6 is 0 Å². The minimum atomic E-state index is 0.0727. The second kappa shape index (κ2) is 6.62. The summed E-state index contributed by atoms with van der Waals surface area (Å²) in [7, 11) is 0. The monoisotopic (exact) mass is 235 g/mol. The first-order valence-corrected chi connectivity index (χ1v) is 6.43. The van der Waals surface area contributed by atoms with Crippen molar-refractivity contribution < 1.29 is 9.84 Å². The first-order valence-electron chi connectivity index (χ1n) is 6.43. The summed E-state index contributed by atoms with van der Waals surface area (Å²) in [6.07, 6.45) is 4.01. The van der Waals surface area contributed by atoms with Gasteiger partial charge in [0.2, 0.25) is 0 Å². The average Bonchev–Trinajstić information content (AvgIpc) is 2.40. The highest BCUT2D eigenvalue weighted by molar-refractivity contribution is 5.27. The third-order valence-electron chi connectivity index (χ3n) is 3.21. The minimum Gasteiger partial charge on any atom is -0.492 e. The summed E-state index contributed by atoms with van der Waals surface area (Å²) in [4.78, 5) is 2.46. The van der Waals surface area contributed by atoms with Gasteiger partial charge < -0.3 is 9.84 Å². The van der Waals surface area contributed by atoms with Crippen LogP contribution in [0, 0.1) is 0 Å². The fourth-order valence-electron chi connectivity index (χ4n) is 2.21. The molecule has 1 saturated heterocycles. The predicted octanol–water partition coefficient (Wildman–Crippen LogP) is 2.04. The van der Waals surface area contributed by atoms with Gasteiger partial charge in [-0.25, -0.2) is 0 Å². The van der Waals surface area contributed by atoms with Crippen LogP contribution in [0.1, 0.15) is 24.8 Å². The molecule has 0 amide bonds. The molecule has 1 heterocycles. The molecule has 0 radical (unpaired) electrons. The van der Waals surface area contributed by atoms with Gasteiger partial charge in [0.05, 0.1) is 6.61 Å². The van der Waals surface area contributed by atoms with Crippen LogP contribution in [0.15, 0.2) is 24.3 Å². The van der Waals surface area contributed by atoms with Crippen LogP contribution in [0.4, 0.5) is 0 Å². The molecule has 2 rings (SSSR count). The van der Waals surface area contributed by atoms with Crippen molar-refractivity contribution in [2.75, 3.05) is 26.2 Å². The molecular weight excluding hydrogens is 214 g/mol. The molecular formula is C14H21NO2. The molecule has 1 fully saturated rings. The van der Waals surface area contributed by atoms with E-state index in [0.29, 0.717) is 0 Å². The predicted molar refractivity (Wildman–Crippen MR) is 68.2 cm³/mol. The SMILES string of the molecule is OCc1cccc(OCCN2CCCCC2)c1. The molecule has 17 heavy (non-hydrogen) atoms. The highest BCUT2D eigenvalue weighted by Crippen LogP contribution is 2.13. The van der Waals surface area contributed by atoms with E-state index in [-0.39, 0.29) is 6.61 Å². The zero-order chi connectivity index (χ0) is 11.9. The van der Waals surface area contributed by atoms with Crippen molar-refractivity contribution in [2.24, 2.45) is 0 Å². The minimum absolute atomic E-state index is 0.0727. The van der Waals surface area contributed by atoms with Crippen molar-refractivity contribution in [3.63, 3.8) is 0 Å². The fourth-order valence-corrected chi connectivity index (χ4v) is 2.21. The van der Waals surface area contributed by atoms with Crippen LogP contribution in [0.5, 0.6) is 5.75 Å². The molecule has 1 aromatic rings. The molecule has 0 bridgehead atoms. The number of ether oxygens (including phenoxy) is 1. The van der Waals surface area contributed by atoms with Gasteiger partial charge in [0.1, 0.15) is 12.4 Å². The van der Waals surface area contributed by atoms with Crippen molar-refractivity contribution >= 4 is 0 Å². The standard InChI is InChI=1S/C14H21NO2/c16-12-13-5-4-6-14(11-13)17-10-9-15-7-2-1-3-8-15/h4-6,11,16H,1-3,7-10,12H2. The van der Waals surface area contributed by atoms with E-state index in [2.05, 4.69) is 4.90 Å². The summed E-state index contributed by atoms with van der Waals surface area (Å²) in [5.74, 6) is 0.855. The van der Waals surface area contributed by atoms with Crippen molar-refractivity contribution in [3.8, 4) is 5.75 Å². The lowest BCUT2D eigenvalue weighted by Crippen LogP contribution is -2.33. The maximum Gasteiger partial charge on any atom is 0.119 e. The number of piperidine rings is 1. The third kappa shape index (κ3) is 4.02. The third-order valence-corrected chi connectivity index (χ3v) is 3.21. The molecule has 1 N–H and O–H groups in total. The van der Waals surface area contributed by atoms with E-state index in [1.807, 2.05) is 24.3 Å². The number of benzene rings is 1. The van der Waals surface area contributed by atoms with Crippen molar-refractivity contribution in [3.05, 3.63) is 29.8 Å². The van der Waals surface area contributed by atoms with E-state index in [1.165, 1.54) is 32.4 Å². The van der Waals surface area contributed by atoms with Crippen LogP contribution in [0.3, 0.4) is 0 Å². The summed E-state index contributed by atoms with van der Waals surface area (Å²) >= 11 is 0. The van der Waals surface area contributed by atoms with Gasteiger partial charge in [-0.05, 0) is 43.6 Å². The lowest BCUT2D eigenvalue weighted by Gasteiger charge is -2.26. The Bertz CT molecular complexity index is 335. The Hall–Kier alpha value is -1.06. The lowest BCUT2D eigenvalue weighted by atomic mass is 10.1. The molecule has 1 aromatic carbocycles. The maximum absolute atomic E-state index is 9.03. The molecule has 0 atom stereocenters. The van der Waals surface area contributed by atoms with Crippen LogP contribution in [-0.2, 0) is 6.61 Å². The van der Waals surface area contributed by atoms with Gasteiger partial charge in [0.15, 0.2) is 0 Å². The second-order valence-corrected chi connectivity index (χ2v) is 4.56. The normalized spacial score (nSPS) is 17.0. The highest BCUT2D eigenvalue weighted by Gasteiger charge is 2.09. The van der Waals surface area contributed by atoms with Gasteiger partial charge in [0.25, 0.3) is 0 Å². The van der Waals surface area contributed by atoms with E-state index in [0.717, 1.165) is 24.5 Å². The van der Waals surface area contributed by atoms with Gasteiger partial charge in [-0.2, -0.15) is 0 Å². The molecule has 94 valence electrons. The Morgan fingerprint density at radius 1 is 1.18 bits per heavy atom. The first kappa shape index (κ1) is 12.4. The quantitative estimate of drug-likeness (QED) is 0.847. The van der Waals surface area contributed by atoms with Gasteiger partial charge in [-0.15, -0.1) is 0 Å². The lowest BCUT2D eigenvalue weighted by molar-refractivity contribution is 0.183. The van der Waals surface area contributed by atoms with Gasteiger partial charge >= 0.3 is 0 Å². The molecule has 3 heteroatoms. The summed E-state index contributed by atoms with van der Waals surface area (Å²) in [6, 6.07) is 7.66. The van der Waals surface area contributed by atoms with Crippen molar-refractivity contribution in [1.29, 1.82) is 0 Å². The maximum atomic E-state index is 9.03. The van der Waals surface area contributed by atoms with Crippen LogP contribution in [0.2, 0.25) is 0 Å². The molecule has 0 saturated carbocycles. The molecule has 0 spiro atoms. The average molecular weight is 235 g/mol. The number of hydrogen-bond donors (Lipinski definition) is 1. The molecule has 0 unspecified atom stereocenters. The zero-order valence-electron chi connectivity index (χ0n) is 10.3. The Morgan fingerprint density at radius 2 is 2.00 bits per heavy atom. The van der Waals surface area contributed by atoms with Crippen LogP contribution < -0.4 is 4.74 Å². The van der Waals surface area contributed by atoms with E-state index in [9.17, 15) is 0 Å². The Kier molecular flexibility index (Phi) is 4.83. The largest absolute Gasteiger partial charge is 0.492 e. The molecule has 1 aliphatic heterocycles. The van der Waals surface area contributed by atoms with Gasteiger partial charge in [-0.1, -0.05) is 18.6 Å². The van der Waals surface area contributed by atoms with Crippen molar-refractivity contribution in [2.45, 2.75) is 25.9 Å². The summed E-state index contributed by atoms with van der Waals surface area (Å²) in [6.45, 7) is 4.22. The number of likely N-dealkylation sites (tertiary alicyclic amines) is 1. The number of rotatable bonds is 5. The van der Waals surface area contributed by atoms with Crippen molar-refractivity contribution in [1.82, 2.24) is 4.90 Å². The molecule has 1 aliphatic rings. The van der Waals surface area contributed by atoms with Crippen LogP contribution in [0.25, 0.3) is 0 Å². The Morgan fingerprint density at radius 3 is 2.76 bits per heavy atom. The van der Waals surface area contributed by atoms with Crippen LogP contribution in [-0.4, -0.2) is 36.2 Å². The van der Waals surface area contributed by atoms with E-state index >= 15 is 0 Å². The molecule has 0 aliphatic carbocycles. The highest BCUT2D eigenvalue weighted by atomic mass is 16.5.